The van der Waals surface area contributed by atoms with Gasteiger partial charge in [0, 0.05) is 5.39 Å². The monoisotopic (exact) mass is 352 g/mol. The van der Waals surface area contributed by atoms with Gasteiger partial charge in [-0.05, 0) is 43.7 Å². The van der Waals surface area contributed by atoms with Crippen molar-refractivity contribution in [2.45, 2.75) is 13.8 Å². The second-order valence-electron chi connectivity index (χ2n) is 5.66. The fraction of sp³-hybridized carbons (Fsp3) is 0.158. The van der Waals surface area contributed by atoms with Gasteiger partial charge in [-0.1, -0.05) is 29.5 Å². The number of nitrogens with one attached hydrogen (secondary N) is 1. The zero-order valence-electron chi connectivity index (χ0n) is 13.8. The first-order valence-electron chi connectivity index (χ1n) is 7.98. The van der Waals surface area contributed by atoms with Crippen LogP contribution < -0.4 is 10.1 Å². The van der Waals surface area contributed by atoms with Crippen molar-refractivity contribution in [1.82, 2.24) is 4.98 Å². The fourth-order valence-corrected chi connectivity index (χ4v) is 3.62. The second kappa shape index (κ2) is 6.22. The summed E-state index contributed by atoms with van der Waals surface area (Å²) in [6.45, 7) is 4.47. The van der Waals surface area contributed by atoms with E-state index in [0.29, 0.717) is 23.1 Å². The minimum Gasteiger partial charge on any atom is -0.490 e. The van der Waals surface area contributed by atoms with Crippen molar-refractivity contribution in [3.05, 3.63) is 53.8 Å². The molecule has 0 aliphatic rings. The van der Waals surface area contributed by atoms with Crippen molar-refractivity contribution < 1.29 is 13.9 Å². The Balaban J connectivity index is 1.63. The summed E-state index contributed by atoms with van der Waals surface area (Å²) < 4.78 is 12.3. The van der Waals surface area contributed by atoms with E-state index in [1.165, 1.54) is 11.3 Å². The molecule has 2 aromatic carbocycles. The van der Waals surface area contributed by atoms with Gasteiger partial charge in [-0.3, -0.25) is 10.1 Å². The summed E-state index contributed by atoms with van der Waals surface area (Å²) in [7, 11) is 0. The summed E-state index contributed by atoms with van der Waals surface area (Å²) in [5, 5.41) is 4.20. The zero-order chi connectivity index (χ0) is 17.4. The maximum atomic E-state index is 12.5. The van der Waals surface area contributed by atoms with Gasteiger partial charge in [-0.2, -0.15) is 0 Å². The molecule has 0 radical (unpaired) electrons. The van der Waals surface area contributed by atoms with Crippen molar-refractivity contribution in [2.75, 3.05) is 11.9 Å². The molecule has 1 amide bonds. The third kappa shape index (κ3) is 2.96. The Kier molecular flexibility index (Phi) is 3.89. The maximum Gasteiger partial charge on any atom is 0.293 e. The molecular weight excluding hydrogens is 336 g/mol. The summed E-state index contributed by atoms with van der Waals surface area (Å²) in [4.78, 5) is 17.0. The van der Waals surface area contributed by atoms with Crippen LogP contribution in [-0.2, 0) is 0 Å². The van der Waals surface area contributed by atoms with Crippen LogP contribution >= 0.6 is 11.3 Å². The first-order chi connectivity index (χ1) is 12.1. The Morgan fingerprint density at radius 1 is 1.28 bits per heavy atom. The molecule has 0 saturated carbocycles. The topological polar surface area (TPSA) is 64.4 Å². The summed E-state index contributed by atoms with van der Waals surface area (Å²) in [5.41, 5.74) is 2.61. The van der Waals surface area contributed by atoms with E-state index in [-0.39, 0.29) is 11.7 Å². The lowest BCUT2D eigenvalue weighted by molar-refractivity contribution is 0.0998. The number of rotatable bonds is 4. The molecule has 2 aromatic heterocycles. The molecule has 0 fully saturated rings. The molecule has 2 heterocycles. The summed E-state index contributed by atoms with van der Waals surface area (Å²) in [5.74, 6) is 0.543. The Labute approximate surface area is 148 Å². The van der Waals surface area contributed by atoms with E-state index in [0.717, 1.165) is 21.2 Å². The van der Waals surface area contributed by atoms with Gasteiger partial charge in [0.15, 0.2) is 22.2 Å². The van der Waals surface area contributed by atoms with Crippen molar-refractivity contribution in [1.29, 1.82) is 0 Å². The largest absolute Gasteiger partial charge is 0.490 e. The zero-order valence-corrected chi connectivity index (χ0v) is 14.6. The minimum atomic E-state index is -0.325. The number of aryl methyl sites for hydroxylation is 1. The number of furan rings is 1. The van der Waals surface area contributed by atoms with E-state index in [9.17, 15) is 4.79 Å². The van der Waals surface area contributed by atoms with E-state index in [2.05, 4.69) is 16.4 Å². The fourth-order valence-electron chi connectivity index (χ4n) is 2.66. The molecule has 4 aromatic rings. The number of nitrogens with zero attached hydrogens (tertiary/aromatic N) is 1. The second-order valence-corrected chi connectivity index (χ2v) is 6.69. The highest BCUT2D eigenvalue weighted by molar-refractivity contribution is 7.22. The minimum absolute atomic E-state index is 0.234. The highest BCUT2D eigenvalue weighted by atomic mass is 32.1. The lowest BCUT2D eigenvalue weighted by atomic mass is 10.2. The molecular formula is C19H16N2O3S. The van der Waals surface area contributed by atoms with Gasteiger partial charge in [0.05, 0.1) is 16.8 Å². The molecule has 0 bridgehead atoms. The molecule has 0 spiro atoms. The van der Waals surface area contributed by atoms with Crippen LogP contribution in [0.25, 0.3) is 21.2 Å². The van der Waals surface area contributed by atoms with Crippen LogP contribution in [0.3, 0.4) is 0 Å². The Morgan fingerprint density at radius 2 is 2.16 bits per heavy atom. The standard InChI is InChI=1S/C19H16N2O3S/c1-3-23-14-6-4-5-12-10-15(24-17(12)14)18(22)21-19-20-13-8-7-11(2)9-16(13)25-19/h4-10H,3H2,1-2H3,(H,20,21,22). The molecule has 0 aliphatic carbocycles. The van der Waals surface area contributed by atoms with E-state index in [1.807, 2.05) is 44.2 Å². The Bertz CT molecular complexity index is 1080. The number of fused-ring (bicyclic) bond motifs is 2. The Morgan fingerprint density at radius 3 is 3.00 bits per heavy atom. The van der Waals surface area contributed by atoms with Gasteiger partial charge >= 0.3 is 0 Å². The lowest BCUT2D eigenvalue weighted by Gasteiger charge is -2.02. The van der Waals surface area contributed by atoms with Crippen LogP contribution in [0.15, 0.2) is 46.9 Å². The van der Waals surface area contributed by atoms with E-state index in [1.54, 1.807) is 6.07 Å². The average Bonchev–Trinajstić information content (AvgIpc) is 3.18. The number of hydrogen-bond donors (Lipinski definition) is 1. The van der Waals surface area contributed by atoms with Crippen LogP contribution in [0.1, 0.15) is 23.0 Å². The predicted molar refractivity (Wildman–Crippen MR) is 99.7 cm³/mol. The van der Waals surface area contributed by atoms with E-state index >= 15 is 0 Å². The highest BCUT2D eigenvalue weighted by Crippen LogP contribution is 2.30. The number of carbonyl (C=O) groups is 1. The summed E-state index contributed by atoms with van der Waals surface area (Å²) in [6, 6.07) is 13.3. The molecule has 0 aliphatic heterocycles. The summed E-state index contributed by atoms with van der Waals surface area (Å²) >= 11 is 1.44. The number of ether oxygens (including phenoxy) is 1. The van der Waals surface area contributed by atoms with Gasteiger partial charge in [-0.15, -0.1) is 0 Å². The summed E-state index contributed by atoms with van der Waals surface area (Å²) in [6.07, 6.45) is 0. The molecule has 1 N–H and O–H groups in total. The van der Waals surface area contributed by atoms with Crippen molar-refractivity contribution in [3.8, 4) is 5.75 Å². The van der Waals surface area contributed by atoms with Gasteiger partial charge in [0.1, 0.15) is 0 Å². The van der Waals surface area contributed by atoms with Crippen molar-refractivity contribution in [3.63, 3.8) is 0 Å². The van der Waals surface area contributed by atoms with Gasteiger partial charge < -0.3 is 9.15 Å². The van der Waals surface area contributed by atoms with Gasteiger partial charge in [-0.25, -0.2) is 4.98 Å². The smallest absolute Gasteiger partial charge is 0.293 e. The predicted octanol–water partition coefficient (Wildman–Crippen LogP) is 5.00. The number of anilines is 1. The molecule has 0 saturated heterocycles. The molecule has 0 unspecified atom stereocenters. The van der Waals surface area contributed by atoms with Crippen LogP contribution in [0.4, 0.5) is 5.13 Å². The lowest BCUT2D eigenvalue weighted by Crippen LogP contribution is -2.10. The number of hydrogen-bond acceptors (Lipinski definition) is 5. The number of para-hydroxylation sites is 1. The normalized spacial score (nSPS) is 11.1. The molecule has 0 atom stereocenters. The molecule has 25 heavy (non-hydrogen) atoms. The van der Waals surface area contributed by atoms with Crippen LogP contribution in [-0.4, -0.2) is 17.5 Å². The van der Waals surface area contributed by atoms with Crippen molar-refractivity contribution >= 4 is 43.6 Å². The third-order valence-electron chi connectivity index (χ3n) is 3.80. The van der Waals surface area contributed by atoms with Gasteiger partial charge in [0.2, 0.25) is 0 Å². The maximum absolute atomic E-state index is 12.5. The van der Waals surface area contributed by atoms with E-state index < -0.39 is 0 Å². The Hall–Kier alpha value is -2.86. The third-order valence-corrected chi connectivity index (χ3v) is 4.73. The van der Waals surface area contributed by atoms with Crippen LogP contribution in [0, 0.1) is 6.92 Å². The molecule has 126 valence electrons. The number of benzene rings is 2. The van der Waals surface area contributed by atoms with E-state index in [4.69, 9.17) is 9.15 Å². The van der Waals surface area contributed by atoms with Gasteiger partial charge in [0.25, 0.3) is 5.91 Å². The molecule has 5 nitrogen and oxygen atoms in total. The highest BCUT2D eigenvalue weighted by Gasteiger charge is 2.16. The van der Waals surface area contributed by atoms with Crippen molar-refractivity contribution in [2.24, 2.45) is 0 Å². The molecule has 6 heteroatoms. The van der Waals surface area contributed by atoms with Crippen LogP contribution in [0.2, 0.25) is 0 Å². The first kappa shape index (κ1) is 15.7. The first-order valence-corrected chi connectivity index (χ1v) is 8.79. The average molecular weight is 352 g/mol. The number of amides is 1. The molecule has 4 rings (SSSR count). The number of aromatic nitrogens is 1. The van der Waals surface area contributed by atoms with Crippen LogP contribution in [0.5, 0.6) is 5.75 Å². The quantitative estimate of drug-likeness (QED) is 0.561. The SMILES string of the molecule is CCOc1cccc2cc(C(=O)Nc3nc4ccc(C)cc4s3)oc12. The number of thiazole rings is 1. The number of carbonyl (C=O) groups excluding carboxylic acids is 1.